The monoisotopic (exact) mass is 169 g/mol. The molecule has 10 heavy (non-hydrogen) atoms. The van der Waals surface area contributed by atoms with Crippen molar-refractivity contribution in [3.63, 3.8) is 0 Å². The molecule has 0 spiro atoms. The molecule has 0 fully saturated rings. The van der Waals surface area contributed by atoms with E-state index in [0.29, 0.717) is 0 Å². The summed E-state index contributed by atoms with van der Waals surface area (Å²) in [6.07, 6.45) is 0. The summed E-state index contributed by atoms with van der Waals surface area (Å²) in [6.45, 7) is 4.09. The Morgan fingerprint density at radius 2 is 1.50 bits per heavy atom. The van der Waals surface area contributed by atoms with Crippen LogP contribution in [0.3, 0.4) is 0 Å². The van der Waals surface area contributed by atoms with Gasteiger partial charge in [-0.05, 0) is 20.8 Å². The molecule has 0 aliphatic carbocycles. The van der Waals surface area contributed by atoms with Gasteiger partial charge in [-0.25, -0.2) is 8.42 Å². The highest BCUT2D eigenvalue weighted by molar-refractivity contribution is 7.90. The van der Waals surface area contributed by atoms with Crippen molar-refractivity contribution < 1.29 is 18.8 Å². The third-order valence-electron chi connectivity index (χ3n) is 0.989. The molecule has 0 unspecified atom stereocenters. The lowest BCUT2D eigenvalue weighted by atomic mass is 10.3. The SMILES string of the molecule is CC(C)(C)S(=O)(=O)N(O)O. The fourth-order valence-electron chi connectivity index (χ4n) is 0.245. The van der Waals surface area contributed by atoms with Crippen LogP contribution in [0.1, 0.15) is 20.8 Å². The van der Waals surface area contributed by atoms with Gasteiger partial charge in [0, 0.05) is 4.63 Å². The Morgan fingerprint density at radius 3 is 1.50 bits per heavy atom. The predicted molar refractivity (Wildman–Crippen MR) is 34.1 cm³/mol. The van der Waals surface area contributed by atoms with Crippen molar-refractivity contribution in [3.8, 4) is 0 Å². The van der Waals surface area contributed by atoms with E-state index >= 15 is 0 Å². The molecule has 62 valence electrons. The molecule has 0 aromatic heterocycles. The molecule has 0 aliphatic heterocycles. The van der Waals surface area contributed by atoms with E-state index in [1.54, 1.807) is 0 Å². The van der Waals surface area contributed by atoms with E-state index in [4.69, 9.17) is 10.4 Å². The van der Waals surface area contributed by atoms with Crippen LogP contribution < -0.4 is 0 Å². The molecule has 0 saturated heterocycles. The first-order valence-corrected chi connectivity index (χ1v) is 4.06. The molecule has 0 aromatic carbocycles. The van der Waals surface area contributed by atoms with Crippen LogP contribution in [0.2, 0.25) is 0 Å². The first kappa shape index (κ1) is 9.83. The molecule has 0 radical (unpaired) electrons. The van der Waals surface area contributed by atoms with Crippen molar-refractivity contribution in [2.24, 2.45) is 0 Å². The Labute approximate surface area is 59.9 Å². The number of rotatable bonds is 1. The molecule has 0 rings (SSSR count). The van der Waals surface area contributed by atoms with Crippen molar-refractivity contribution in [2.75, 3.05) is 0 Å². The molecule has 0 aliphatic rings. The Morgan fingerprint density at radius 1 is 1.20 bits per heavy atom. The largest absolute Gasteiger partial charge is 0.276 e. The van der Waals surface area contributed by atoms with Crippen molar-refractivity contribution in [2.45, 2.75) is 25.5 Å². The van der Waals surface area contributed by atoms with Crippen LogP contribution in [0, 0.1) is 0 Å². The summed E-state index contributed by atoms with van der Waals surface area (Å²) >= 11 is 0. The lowest BCUT2D eigenvalue weighted by molar-refractivity contribution is -0.227. The number of sulfonamides is 1. The van der Waals surface area contributed by atoms with E-state index in [0.717, 1.165) is 0 Å². The summed E-state index contributed by atoms with van der Waals surface area (Å²) < 4.78 is 19.6. The highest BCUT2D eigenvalue weighted by Crippen LogP contribution is 2.16. The van der Waals surface area contributed by atoms with E-state index in [2.05, 4.69) is 0 Å². The topological polar surface area (TPSA) is 77.8 Å². The zero-order chi connectivity index (χ0) is 8.58. The van der Waals surface area contributed by atoms with Crippen LogP contribution in [-0.4, -0.2) is 28.2 Å². The molecule has 0 atom stereocenters. The van der Waals surface area contributed by atoms with Crippen LogP contribution in [0.5, 0.6) is 0 Å². The maximum Gasteiger partial charge on any atom is 0.264 e. The zero-order valence-electron chi connectivity index (χ0n) is 6.07. The highest BCUT2D eigenvalue weighted by atomic mass is 32.2. The van der Waals surface area contributed by atoms with Gasteiger partial charge in [-0.2, -0.15) is 0 Å². The summed E-state index contributed by atoms with van der Waals surface area (Å²) in [7, 11) is -3.97. The smallest absolute Gasteiger partial charge is 0.264 e. The number of hydrogen-bond donors (Lipinski definition) is 2. The molecule has 5 nitrogen and oxygen atoms in total. The van der Waals surface area contributed by atoms with Gasteiger partial charge in [0.25, 0.3) is 10.0 Å². The number of hydrogen-bond acceptors (Lipinski definition) is 4. The van der Waals surface area contributed by atoms with Gasteiger partial charge in [-0.15, -0.1) is 0 Å². The maximum atomic E-state index is 10.8. The van der Waals surface area contributed by atoms with E-state index in [9.17, 15) is 8.42 Å². The van der Waals surface area contributed by atoms with Gasteiger partial charge in [0.1, 0.15) is 0 Å². The van der Waals surface area contributed by atoms with Crippen molar-refractivity contribution in [1.82, 2.24) is 4.63 Å². The van der Waals surface area contributed by atoms with Crippen molar-refractivity contribution in [1.29, 1.82) is 0 Å². The fourth-order valence-corrected chi connectivity index (χ4v) is 0.735. The highest BCUT2D eigenvalue weighted by Gasteiger charge is 2.34. The minimum atomic E-state index is -3.97. The van der Waals surface area contributed by atoms with Crippen LogP contribution in [0.15, 0.2) is 0 Å². The van der Waals surface area contributed by atoms with E-state index < -0.39 is 19.4 Å². The third-order valence-corrected chi connectivity index (χ3v) is 2.97. The van der Waals surface area contributed by atoms with Gasteiger partial charge >= 0.3 is 0 Å². The third kappa shape index (κ3) is 1.66. The second-order valence-electron chi connectivity index (χ2n) is 2.84. The Bertz CT molecular complexity index is 200. The van der Waals surface area contributed by atoms with Crippen LogP contribution >= 0.6 is 0 Å². The van der Waals surface area contributed by atoms with E-state index in [1.807, 2.05) is 0 Å². The van der Waals surface area contributed by atoms with Crippen LogP contribution in [-0.2, 0) is 10.0 Å². The molecule has 0 heterocycles. The van der Waals surface area contributed by atoms with Crippen molar-refractivity contribution in [3.05, 3.63) is 0 Å². The molecule has 0 aromatic rings. The normalized spacial score (nSPS) is 14.2. The molecule has 0 bridgehead atoms. The fraction of sp³-hybridized carbons (Fsp3) is 1.00. The summed E-state index contributed by atoms with van der Waals surface area (Å²) in [5.74, 6) is 0. The van der Waals surface area contributed by atoms with Gasteiger partial charge in [0.2, 0.25) is 0 Å². The summed E-state index contributed by atoms with van der Waals surface area (Å²) in [5, 5.41) is 16.4. The second kappa shape index (κ2) is 2.46. The quantitative estimate of drug-likeness (QED) is 0.549. The molecule has 2 N–H and O–H groups in total. The Hall–Kier alpha value is -0.170. The molecule has 6 heteroatoms. The second-order valence-corrected chi connectivity index (χ2v) is 5.34. The molecule has 0 saturated carbocycles. The van der Waals surface area contributed by atoms with Crippen molar-refractivity contribution >= 4 is 10.0 Å². The average molecular weight is 169 g/mol. The van der Waals surface area contributed by atoms with Gasteiger partial charge in [-0.3, -0.25) is 10.4 Å². The van der Waals surface area contributed by atoms with Gasteiger partial charge in [0.05, 0.1) is 4.75 Å². The average Bonchev–Trinajstić information content (AvgIpc) is 1.62. The Kier molecular flexibility index (Phi) is 2.42. The summed E-state index contributed by atoms with van der Waals surface area (Å²) in [6, 6.07) is 0. The van der Waals surface area contributed by atoms with Crippen LogP contribution in [0.4, 0.5) is 0 Å². The summed E-state index contributed by atoms with van der Waals surface area (Å²) in [4.78, 5) is 0. The molecular formula is C4H11NO4S. The first-order valence-electron chi connectivity index (χ1n) is 2.62. The van der Waals surface area contributed by atoms with E-state index in [1.165, 1.54) is 20.8 Å². The van der Waals surface area contributed by atoms with Gasteiger partial charge in [0.15, 0.2) is 0 Å². The molecule has 0 amide bonds. The van der Waals surface area contributed by atoms with Crippen LogP contribution in [0.25, 0.3) is 0 Å². The first-order chi connectivity index (χ1) is 4.19. The lowest BCUT2D eigenvalue weighted by Gasteiger charge is -2.20. The molecular weight excluding hydrogens is 158 g/mol. The minimum absolute atomic E-state index is 0.757. The predicted octanol–water partition coefficient (Wildman–Crippen LogP) is 0.195. The summed E-state index contributed by atoms with van der Waals surface area (Å²) in [5.41, 5.74) is 0. The van der Waals surface area contributed by atoms with Gasteiger partial charge in [-0.1, -0.05) is 0 Å². The lowest BCUT2D eigenvalue weighted by Crippen LogP contribution is -2.39. The van der Waals surface area contributed by atoms with E-state index in [-0.39, 0.29) is 0 Å². The standard InChI is InChI=1S/C4H11NO4S/c1-4(2,3)10(8,9)5(6)7/h6-7H,1-3H3. The zero-order valence-corrected chi connectivity index (χ0v) is 6.88. The minimum Gasteiger partial charge on any atom is -0.276 e. The van der Waals surface area contributed by atoms with Gasteiger partial charge < -0.3 is 0 Å². The Balaban J connectivity index is 4.79. The maximum absolute atomic E-state index is 10.8. The number of nitrogens with zero attached hydrogens (tertiary/aromatic N) is 1.